The van der Waals surface area contributed by atoms with Crippen LogP contribution in [0.2, 0.25) is 0 Å². The molecule has 0 aliphatic rings. The molecule has 1 N–H and O–H groups in total. The van der Waals surface area contributed by atoms with Crippen LogP contribution in [0.4, 0.5) is 0 Å². The van der Waals surface area contributed by atoms with Crippen molar-refractivity contribution in [1.82, 2.24) is 0 Å². The van der Waals surface area contributed by atoms with E-state index in [0.29, 0.717) is 6.61 Å². The molecule has 0 radical (unpaired) electrons. The topological polar surface area (TPSA) is 29.5 Å². The van der Waals surface area contributed by atoms with Crippen LogP contribution in [-0.2, 0) is 4.52 Å². The van der Waals surface area contributed by atoms with E-state index in [1.54, 1.807) is 0 Å². The summed E-state index contributed by atoms with van der Waals surface area (Å²) in [5.74, 6) is 0. The Kier molecular flexibility index (Phi) is 21.1. The molecule has 58 valence electrons. The Morgan fingerprint density at radius 3 is 1.67 bits per heavy atom. The zero-order valence-corrected chi connectivity index (χ0v) is 7.48. The fraction of sp³-hybridized carbons (Fsp3) is 1.00. The van der Waals surface area contributed by atoms with Gasteiger partial charge in [-0.2, -0.15) is 0 Å². The van der Waals surface area contributed by atoms with Gasteiger partial charge in [-0.3, -0.25) is 0 Å². The molecule has 0 amide bonds. The van der Waals surface area contributed by atoms with Gasteiger partial charge in [-0.15, -0.1) is 0 Å². The highest BCUT2D eigenvalue weighted by Gasteiger charge is 1.65. The molecule has 0 aliphatic carbocycles. The van der Waals surface area contributed by atoms with Crippen molar-refractivity contribution in [2.24, 2.45) is 0 Å². The van der Waals surface area contributed by atoms with Crippen LogP contribution < -0.4 is 0 Å². The van der Waals surface area contributed by atoms with Crippen LogP contribution in [-0.4, -0.2) is 11.5 Å². The molecule has 0 spiro atoms. The predicted octanol–water partition coefficient (Wildman–Crippen LogP) is 2.33. The number of hydrogen-bond donors (Lipinski definition) is 1. The lowest BCUT2D eigenvalue weighted by molar-refractivity contribution is 0.348. The van der Waals surface area contributed by atoms with Gasteiger partial charge in [0, 0.05) is 0 Å². The molecule has 0 aromatic heterocycles. The summed E-state index contributed by atoms with van der Waals surface area (Å²) in [6, 6.07) is 0. The molecule has 1 unspecified atom stereocenters. The summed E-state index contributed by atoms with van der Waals surface area (Å²) >= 11 is 0. The van der Waals surface area contributed by atoms with Gasteiger partial charge in [0.15, 0.2) is 9.03 Å². The highest BCUT2D eigenvalue weighted by Crippen LogP contribution is 1.99. The summed E-state index contributed by atoms with van der Waals surface area (Å²) in [5.41, 5.74) is 0. The Balaban J connectivity index is 0. The molecule has 0 saturated heterocycles. The van der Waals surface area contributed by atoms with Crippen molar-refractivity contribution in [3.05, 3.63) is 0 Å². The normalized spacial score (nSPS) is 9.33. The van der Waals surface area contributed by atoms with E-state index in [1.165, 1.54) is 12.8 Å². The molecule has 0 bridgehead atoms. The maximum absolute atomic E-state index is 7.87. The fourth-order valence-electron chi connectivity index (χ4n) is 0.0645. The van der Waals surface area contributed by atoms with E-state index in [0.717, 1.165) is 0 Å². The number of unbranched alkanes of at least 4 members (excludes halogenated alkanes) is 1. The van der Waals surface area contributed by atoms with E-state index in [2.05, 4.69) is 18.4 Å². The van der Waals surface area contributed by atoms with Crippen LogP contribution in [0.15, 0.2) is 0 Å². The molecule has 3 heteroatoms. The summed E-state index contributed by atoms with van der Waals surface area (Å²) < 4.78 is 4.42. The van der Waals surface area contributed by atoms with E-state index in [1.807, 2.05) is 6.92 Å². The summed E-state index contributed by atoms with van der Waals surface area (Å²) in [7, 11) is -0.342. The predicted molar refractivity (Wildman–Crippen MR) is 42.7 cm³/mol. The van der Waals surface area contributed by atoms with Crippen molar-refractivity contribution < 1.29 is 9.42 Å². The van der Waals surface area contributed by atoms with Crippen LogP contribution in [0.1, 0.15) is 33.6 Å². The van der Waals surface area contributed by atoms with Gasteiger partial charge in [0.2, 0.25) is 0 Å². The van der Waals surface area contributed by atoms with Crippen molar-refractivity contribution in [3.8, 4) is 0 Å². The second-order valence-electron chi connectivity index (χ2n) is 1.52. The third-order valence-corrected chi connectivity index (χ3v) is 1.13. The maximum Gasteiger partial charge on any atom is 0.152 e. The van der Waals surface area contributed by atoms with Crippen LogP contribution >= 0.6 is 9.03 Å². The minimum Gasteiger partial charge on any atom is -0.352 e. The molecule has 0 aliphatic heterocycles. The second kappa shape index (κ2) is 15.8. The summed E-state index contributed by atoms with van der Waals surface area (Å²) in [4.78, 5) is 7.87. The summed E-state index contributed by atoms with van der Waals surface area (Å²) in [5, 5.41) is 0. The molecule has 0 saturated carbocycles. The molecule has 0 rings (SSSR count). The monoisotopic (exact) mass is 152 g/mol. The largest absolute Gasteiger partial charge is 0.352 e. The van der Waals surface area contributed by atoms with Crippen molar-refractivity contribution in [3.63, 3.8) is 0 Å². The molecule has 2 nitrogen and oxygen atoms in total. The van der Waals surface area contributed by atoms with Crippen LogP contribution in [0.25, 0.3) is 0 Å². The van der Waals surface area contributed by atoms with E-state index in [4.69, 9.17) is 4.89 Å². The third-order valence-electron chi connectivity index (χ3n) is 0.709. The van der Waals surface area contributed by atoms with Gasteiger partial charge in [0.05, 0.1) is 6.61 Å². The van der Waals surface area contributed by atoms with E-state index >= 15 is 0 Å². The molecular formula is C6H17O2P. The van der Waals surface area contributed by atoms with Crippen molar-refractivity contribution in [1.29, 1.82) is 0 Å². The Hall–Kier alpha value is 0.350. The standard InChI is InChI=1S/C4H10.C2H7O2P/c1-3-4-2;1-2-4-5-3/h3-4H2,1-2H3;3,5H,2H2,1H3. The first-order valence-corrected chi connectivity index (χ1v) is 4.19. The van der Waals surface area contributed by atoms with Gasteiger partial charge in [-0.1, -0.05) is 26.7 Å². The average molecular weight is 152 g/mol. The Labute approximate surface area is 59.6 Å². The molecule has 0 aromatic carbocycles. The molecule has 0 aromatic rings. The minimum atomic E-state index is -0.342. The van der Waals surface area contributed by atoms with Gasteiger partial charge in [0.25, 0.3) is 0 Å². The quantitative estimate of drug-likeness (QED) is 0.629. The highest BCUT2D eigenvalue weighted by molar-refractivity contribution is 7.24. The van der Waals surface area contributed by atoms with Crippen molar-refractivity contribution in [2.75, 3.05) is 6.61 Å². The first-order valence-electron chi connectivity index (χ1n) is 3.34. The van der Waals surface area contributed by atoms with Crippen molar-refractivity contribution in [2.45, 2.75) is 33.6 Å². The lowest BCUT2D eigenvalue weighted by atomic mass is 10.4. The fourth-order valence-corrected chi connectivity index (χ4v) is 0.194. The first kappa shape index (κ1) is 12.1. The Morgan fingerprint density at radius 2 is 1.67 bits per heavy atom. The smallest absolute Gasteiger partial charge is 0.152 e. The number of hydrogen-bond acceptors (Lipinski definition) is 2. The molecule has 0 fully saturated rings. The van der Waals surface area contributed by atoms with Gasteiger partial charge < -0.3 is 9.42 Å². The van der Waals surface area contributed by atoms with Crippen LogP contribution in [0.5, 0.6) is 0 Å². The van der Waals surface area contributed by atoms with Gasteiger partial charge in [0.1, 0.15) is 0 Å². The maximum atomic E-state index is 7.87. The van der Waals surface area contributed by atoms with E-state index < -0.39 is 0 Å². The van der Waals surface area contributed by atoms with Crippen LogP contribution in [0, 0.1) is 0 Å². The van der Waals surface area contributed by atoms with E-state index in [-0.39, 0.29) is 9.03 Å². The summed E-state index contributed by atoms with van der Waals surface area (Å²) in [6.45, 7) is 6.80. The van der Waals surface area contributed by atoms with Gasteiger partial charge in [-0.05, 0) is 6.92 Å². The van der Waals surface area contributed by atoms with Crippen molar-refractivity contribution >= 4 is 9.03 Å². The second-order valence-corrected chi connectivity index (χ2v) is 2.00. The Morgan fingerprint density at radius 1 is 1.22 bits per heavy atom. The molecule has 1 atom stereocenters. The lowest BCUT2D eigenvalue weighted by Crippen LogP contribution is -1.68. The number of rotatable bonds is 3. The zero-order valence-electron chi connectivity index (χ0n) is 6.48. The van der Waals surface area contributed by atoms with Gasteiger partial charge >= 0.3 is 0 Å². The molecule has 0 heterocycles. The third kappa shape index (κ3) is 30.0. The molecule has 9 heavy (non-hydrogen) atoms. The highest BCUT2D eigenvalue weighted by atomic mass is 31.1. The zero-order chi connectivity index (χ0) is 7.54. The first-order chi connectivity index (χ1) is 4.33. The summed E-state index contributed by atoms with van der Waals surface area (Å²) in [6.07, 6.45) is 2.64. The molecular weight excluding hydrogens is 135 g/mol. The van der Waals surface area contributed by atoms with Crippen LogP contribution in [0.3, 0.4) is 0 Å². The average Bonchev–Trinajstić information content (AvgIpc) is 1.91. The Bertz CT molecular complexity index is 30.2. The SMILES string of the molecule is CCCC.CCOPO. The van der Waals surface area contributed by atoms with E-state index in [9.17, 15) is 0 Å². The minimum absolute atomic E-state index is 0.342. The van der Waals surface area contributed by atoms with Gasteiger partial charge in [-0.25, -0.2) is 0 Å². The lowest BCUT2D eigenvalue weighted by Gasteiger charge is -1.84.